The number of hydrogen-bond acceptors (Lipinski definition) is 3. The zero-order chi connectivity index (χ0) is 12.1. The number of rotatable bonds is 5. The minimum atomic E-state index is -0.509. The molecule has 0 saturated carbocycles. The number of aliphatic hydroxyl groups is 1. The number of benzene rings is 1. The van der Waals surface area contributed by atoms with E-state index in [9.17, 15) is 5.11 Å². The predicted molar refractivity (Wildman–Crippen MR) is 70.7 cm³/mol. The molecular weight excluding hydrogens is 224 g/mol. The van der Waals surface area contributed by atoms with Gasteiger partial charge in [0.15, 0.2) is 0 Å². The van der Waals surface area contributed by atoms with Crippen molar-refractivity contribution in [2.24, 2.45) is 0 Å². The van der Waals surface area contributed by atoms with Crippen molar-refractivity contribution in [3.8, 4) is 0 Å². The molecule has 2 N–H and O–H groups in total. The Morgan fingerprint density at radius 1 is 1.44 bits per heavy atom. The quantitative estimate of drug-likeness (QED) is 0.776. The number of hydrogen-bond donors (Lipinski definition) is 2. The average Bonchev–Trinajstić information content (AvgIpc) is 2.27. The molecule has 0 aromatic heterocycles. The summed E-state index contributed by atoms with van der Waals surface area (Å²) in [7, 11) is 4.03. The van der Waals surface area contributed by atoms with Gasteiger partial charge in [-0.15, -0.1) is 11.6 Å². The summed E-state index contributed by atoms with van der Waals surface area (Å²) >= 11 is 5.53. The summed E-state index contributed by atoms with van der Waals surface area (Å²) in [6.45, 7) is 2.55. The van der Waals surface area contributed by atoms with Crippen molar-refractivity contribution >= 4 is 23.0 Å². The second kappa shape index (κ2) is 5.97. The van der Waals surface area contributed by atoms with Gasteiger partial charge in [0.2, 0.25) is 0 Å². The van der Waals surface area contributed by atoms with Gasteiger partial charge in [0, 0.05) is 32.0 Å². The van der Waals surface area contributed by atoms with Gasteiger partial charge >= 0.3 is 0 Å². The maximum Gasteiger partial charge on any atom is 0.0847 e. The molecule has 0 bridgehead atoms. The standard InChI is InChI=1S/C12H19ClN2O/c1-9-4-5-10(6-12(9)15(2)3)14-8-11(16)7-13/h4-6,11,14,16H,7-8H2,1-3H3. The molecule has 1 rings (SSSR count). The van der Waals surface area contributed by atoms with E-state index >= 15 is 0 Å². The minimum absolute atomic E-state index is 0.249. The molecule has 0 spiro atoms. The van der Waals surface area contributed by atoms with Gasteiger partial charge in [-0.3, -0.25) is 0 Å². The first-order chi connectivity index (χ1) is 7.54. The van der Waals surface area contributed by atoms with Crippen molar-refractivity contribution in [3.05, 3.63) is 23.8 Å². The number of nitrogens with zero attached hydrogens (tertiary/aromatic N) is 1. The highest BCUT2D eigenvalue weighted by atomic mass is 35.5. The van der Waals surface area contributed by atoms with Crippen LogP contribution in [0.2, 0.25) is 0 Å². The molecule has 1 aromatic rings. The third-order valence-corrected chi connectivity index (χ3v) is 2.77. The van der Waals surface area contributed by atoms with Crippen LogP contribution in [0.3, 0.4) is 0 Å². The van der Waals surface area contributed by atoms with E-state index in [1.165, 1.54) is 11.3 Å². The van der Waals surface area contributed by atoms with Crippen LogP contribution in [0.1, 0.15) is 5.56 Å². The van der Waals surface area contributed by atoms with Crippen LogP contribution in [0.15, 0.2) is 18.2 Å². The number of halogens is 1. The topological polar surface area (TPSA) is 35.5 Å². The molecule has 90 valence electrons. The second-order valence-corrected chi connectivity index (χ2v) is 4.39. The molecule has 0 heterocycles. The monoisotopic (exact) mass is 242 g/mol. The number of alkyl halides is 1. The molecule has 0 aliphatic rings. The van der Waals surface area contributed by atoms with Gasteiger partial charge in [-0.2, -0.15) is 0 Å². The van der Waals surface area contributed by atoms with Crippen LogP contribution in [-0.4, -0.2) is 37.7 Å². The molecule has 16 heavy (non-hydrogen) atoms. The van der Waals surface area contributed by atoms with Gasteiger partial charge in [0.25, 0.3) is 0 Å². The van der Waals surface area contributed by atoms with E-state index in [2.05, 4.69) is 29.3 Å². The van der Waals surface area contributed by atoms with E-state index in [4.69, 9.17) is 11.6 Å². The smallest absolute Gasteiger partial charge is 0.0847 e. The third-order valence-electron chi connectivity index (χ3n) is 2.41. The maximum atomic E-state index is 9.35. The molecule has 0 saturated heterocycles. The lowest BCUT2D eigenvalue weighted by atomic mass is 10.1. The zero-order valence-corrected chi connectivity index (χ0v) is 10.8. The van der Waals surface area contributed by atoms with E-state index in [-0.39, 0.29) is 5.88 Å². The molecule has 0 aliphatic heterocycles. The van der Waals surface area contributed by atoms with Crippen molar-refractivity contribution < 1.29 is 5.11 Å². The van der Waals surface area contributed by atoms with E-state index in [1.54, 1.807) is 0 Å². The Balaban J connectivity index is 2.71. The molecule has 0 aliphatic carbocycles. The Hall–Kier alpha value is -0.930. The molecule has 0 radical (unpaired) electrons. The van der Waals surface area contributed by atoms with E-state index in [1.807, 2.05) is 20.2 Å². The van der Waals surface area contributed by atoms with Gasteiger partial charge < -0.3 is 15.3 Å². The van der Waals surface area contributed by atoms with E-state index in [0.717, 1.165) is 5.69 Å². The highest BCUT2D eigenvalue weighted by Gasteiger charge is 2.04. The first-order valence-corrected chi connectivity index (χ1v) is 5.84. The SMILES string of the molecule is Cc1ccc(NCC(O)CCl)cc1N(C)C. The highest BCUT2D eigenvalue weighted by molar-refractivity contribution is 6.18. The fourth-order valence-electron chi connectivity index (χ4n) is 1.49. The van der Waals surface area contributed by atoms with E-state index < -0.39 is 6.10 Å². The third kappa shape index (κ3) is 3.58. The van der Waals surface area contributed by atoms with Crippen LogP contribution in [0.5, 0.6) is 0 Å². The van der Waals surface area contributed by atoms with Gasteiger partial charge in [0.1, 0.15) is 0 Å². The number of aryl methyl sites for hydroxylation is 1. The van der Waals surface area contributed by atoms with Crippen molar-refractivity contribution in [1.29, 1.82) is 0 Å². The normalized spacial score (nSPS) is 12.3. The van der Waals surface area contributed by atoms with Gasteiger partial charge in [0.05, 0.1) is 12.0 Å². The van der Waals surface area contributed by atoms with Crippen LogP contribution in [0.4, 0.5) is 11.4 Å². The number of anilines is 2. The van der Waals surface area contributed by atoms with Crippen molar-refractivity contribution in [3.63, 3.8) is 0 Å². The Morgan fingerprint density at radius 3 is 2.69 bits per heavy atom. The Kier molecular flexibility index (Phi) is 4.90. The Bertz CT molecular complexity index is 342. The first-order valence-electron chi connectivity index (χ1n) is 5.30. The summed E-state index contributed by atoms with van der Waals surface area (Å²) in [6.07, 6.45) is -0.509. The highest BCUT2D eigenvalue weighted by Crippen LogP contribution is 2.22. The Morgan fingerprint density at radius 2 is 2.12 bits per heavy atom. The lowest BCUT2D eigenvalue weighted by Crippen LogP contribution is -2.21. The lowest BCUT2D eigenvalue weighted by Gasteiger charge is -2.18. The van der Waals surface area contributed by atoms with Crippen LogP contribution in [-0.2, 0) is 0 Å². The lowest BCUT2D eigenvalue weighted by molar-refractivity contribution is 0.211. The van der Waals surface area contributed by atoms with Gasteiger partial charge in [-0.1, -0.05) is 6.07 Å². The molecule has 1 aromatic carbocycles. The van der Waals surface area contributed by atoms with Crippen LogP contribution < -0.4 is 10.2 Å². The summed E-state index contributed by atoms with van der Waals surface area (Å²) in [5, 5.41) is 12.5. The molecular formula is C12H19ClN2O. The second-order valence-electron chi connectivity index (χ2n) is 4.08. The average molecular weight is 243 g/mol. The van der Waals surface area contributed by atoms with Crippen LogP contribution in [0.25, 0.3) is 0 Å². The minimum Gasteiger partial charge on any atom is -0.390 e. The summed E-state index contributed by atoms with van der Waals surface area (Å²) in [6, 6.07) is 6.13. The van der Waals surface area contributed by atoms with Gasteiger partial charge in [-0.05, 0) is 24.6 Å². The molecule has 1 atom stereocenters. The van der Waals surface area contributed by atoms with Crippen molar-refractivity contribution in [2.75, 3.05) is 36.7 Å². The summed E-state index contributed by atoms with van der Waals surface area (Å²) in [5.41, 5.74) is 3.40. The number of nitrogens with one attached hydrogen (secondary N) is 1. The molecule has 0 fully saturated rings. The summed E-state index contributed by atoms with van der Waals surface area (Å²) in [4.78, 5) is 2.07. The Labute approximate surface area is 102 Å². The fraction of sp³-hybridized carbons (Fsp3) is 0.500. The van der Waals surface area contributed by atoms with Crippen LogP contribution >= 0.6 is 11.6 Å². The summed E-state index contributed by atoms with van der Waals surface area (Å²) in [5.74, 6) is 0.249. The largest absolute Gasteiger partial charge is 0.390 e. The molecule has 4 heteroatoms. The summed E-state index contributed by atoms with van der Waals surface area (Å²) < 4.78 is 0. The maximum absolute atomic E-state index is 9.35. The van der Waals surface area contributed by atoms with Crippen molar-refractivity contribution in [2.45, 2.75) is 13.0 Å². The van der Waals surface area contributed by atoms with Gasteiger partial charge in [-0.25, -0.2) is 0 Å². The van der Waals surface area contributed by atoms with E-state index in [0.29, 0.717) is 6.54 Å². The van der Waals surface area contributed by atoms with Crippen LogP contribution in [0, 0.1) is 6.92 Å². The molecule has 1 unspecified atom stereocenters. The first kappa shape index (κ1) is 13.1. The predicted octanol–water partition coefficient (Wildman–Crippen LogP) is 2.07. The number of aliphatic hydroxyl groups excluding tert-OH is 1. The van der Waals surface area contributed by atoms with Crippen molar-refractivity contribution in [1.82, 2.24) is 0 Å². The zero-order valence-electron chi connectivity index (χ0n) is 10.00. The molecule has 3 nitrogen and oxygen atoms in total. The molecule has 0 amide bonds. The fourth-order valence-corrected chi connectivity index (χ4v) is 1.60.